The van der Waals surface area contributed by atoms with Gasteiger partial charge in [0.1, 0.15) is 0 Å². The van der Waals surface area contributed by atoms with Gasteiger partial charge in [0.25, 0.3) is 0 Å². The zero-order valence-corrected chi connectivity index (χ0v) is 19.3. The minimum absolute atomic E-state index is 0.175. The molecule has 1 fully saturated rings. The van der Waals surface area contributed by atoms with Gasteiger partial charge in [-0.25, -0.2) is 15.0 Å². The maximum absolute atomic E-state index is 5.51. The van der Waals surface area contributed by atoms with Crippen LogP contribution in [0, 0.1) is 13.8 Å². The van der Waals surface area contributed by atoms with Crippen LogP contribution in [-0.2, 0) is 4.74 Å². The summed E-state index contributed by atoms with van der Waals surface area (Å²) in [6.07, 6.45) is 5.10. The van der Waals surface area contributed by atoms with E-state index in [4.69, 9.17) is 14.7 Å². The van der Waals surface area contributed by atoms with Crippen LogP contribution in [0.2, 0.25) is 0 Å². The number of benzene rings is 1. The average Bonchev–Trinajstić information content (AvgIpc) is 3.45. The Bertz CT molecular complexity index is 1180. The lowest BCUT2D eigenvalue weighted by Crippen LogP contribution is -2.37. The van der Waals surface area contributed by atoms with E-state index >= 15 is 0 Å². The molecule has 0 saturated carbocycles. The molecule has 7 nitrogen and oxygen atoms in total. The van der Waals surface area contributed by atoms with Crippen LogP contribution >= 0.6 is 11.8 Å². The van der Waals surface area contributed by atoms with Crippen molar-refractivity contribution in [3.63, 3.8) is 0 Å². The van der Waals surface area contributed by atoms with Crippen LogP contribution in [0.25, 0.3) is 17.0 Å². The predicted molar refractivity (Wildman–Crippen MR) is 127 cm³/mol. The van der Waals surface area contributed by atoms with Gasteiger partial charge >= 0.3 is 0 Å². The van der Waals surface area contributed by atoms with Crippen molar-refractivity contribution in [3.8, 4) is 11.3 Å². The smallest absolute Gasteiger partial charge is 0.234 e. The van der Waals surface area contributed by atoms with Gasteiger partial charge in [-0.2, -0.15) is 0 Å². The number of ether oxygens (including phenoxy) is 1. The molecule has 1 N–H and O–H groups in total. The second kappa shape index (κ2) is 9.44. The molecule has 166 valence electrons. The van der Waals surface area contributed by atoms with Crippen molar-refractivity contribution >= 4 is 17.5 Å². The number of aryl methyl sites for hydroxylation is 2. The van der Waals surface area contributed by atoms with E-state index in [2.05, 4.69) is 50.6 Å². The lowest BCUT2D eigenvalue weighted by atomic mass is 10.2. The summed E-state index contributed by atoms with van der Waals surface area (Å²) in [6, 6.07) is 12.4. The van der Waals surface area contributed by atoms with Crippen LogP contribution < -0.4 is 0 Å². The molecule has 5 rings (SSSR count). The van der Waals surface area contributed by atoms with Crippen LogP contribution in [0.1, 0.15) is 28.8 Å². The summed E-state index contributed by atoms with van der Waals surface area (Å²) >= 11 is 1.74. The monoisotopic (exact) mass is 448 g/mol. The number of imidazole rings is 2. The van der Waals surface area contributed by atoms with Crippen LogP contribution in [0.3, 0.4) is 0 Å². The molecule has 4 heterocycles. The molecule has 3 aromatic heterocycles. The topological polar surface area (TPSA) is 71.3 Å². The Morgan fingerprint density at radius 3 is 2.72 bits per heavy atom. The maximum Gasteiger partial charge on any atom is 0.234 e. The molecule has 1 aromatic carbocycles. The summed E-state index contributed by atoms with van der Waals surface area (Å²) in [4.78, 5) is 20.2. The van der Waals surface area contributed by atoms with Gasteiger partial charge in [-0.1, -0.05) is 42.1 Å². The third-order valence-electron chi connectivity index (χ3n) is 5.80. The number of fused-ring (bicyclic) bond motifs is 1. The van der Waals surface area contributed by atoms with Crippen LogP contribution in [0.15, 0.2) is 53.9 Å². The number of aromatic nitrogens is 5. The molecule has 4 aromatic rings. The largest absolute Gasteiger partial charge is 0.379 e. The number of H-pyrrole nitrogens is 1. The Morgan fingerprint density at radius 1 is 1.09 bits per heavy atom. The highest BCUT2D eigenvalue weighted by Crippen LogP contribution is 2.37. The van der Waals surface area contributed by atoms with Gasteiger partial charge in [-0.3, -0.25) is 9.30 Å². The molecule has 8 heteroatoms. The molecular weight excluding hydrogens is 420 g/mol. The van der Waals surface area contributed by atoms with Crippen molar-refractivity contribution in [3.05, 3.63) is 65.9 Å². The minimum atomic E-state index is 0.175. The summed E-state index contributed by atoms with van der Waals surface area (Å²) in [5.74, 6) is 0.763. The number of nitrogens with one attached hydrogen (secondary N) is 1. The van der Waals surface area contributed by atoms with Crippen molar-refractivity contribution < 1.29 is 4.74 Å². The molecule has 32 heavy (non-hydrogen) atoms. The van der Waals surface area contributed by atoms with Crippen molar-refractivity contribution in [1.82, 2.24) is 29.2 Å². The molecule has 0 amide bonds. The second-order valence-electron chi connectivity index (χ2n) is 8.18. The second-order valence-corrected chi connectivity index (χ2v) is 9.37. The molecule has 1 aliphatic heterocycles. The SMILES string of the molecule is Cc1cc(C)n2cc(C(CCN3CCOCC3)Sc3nc(-c4ccccc4)c[nH]3)nc2n1. The lowest BCUT2D eigenvalue weighted by molar-refractivity contribution is 0.0373. The Morgan fingerprint density at radius 2 is 1.91 bits per heavy atom. The summed E-state index contributed by atoms with van der Waals surface area (Å²) in [5, 5.41) is 1.09. The lowest BCUT2D eigenvalue weighted by Gasteiger charge is -2.27. The van der Waals surface area contributed by atoms with Crippen LogP contribution in [0.4, 0.5) is 0 Å². The van der Waals surface area contributed by atoms with Gasteiger partial charge in [-0.15, -0.1) is 0 Å². The molecule has 1 aliphatic rings. The zero-order chi connectivity index (χ0) is 21.9. The number of nitrogens with zero attached hydrogens (tertiary/aromatic N) is 5. The molecule has 1 atom stereocenters. The predicted octanol–water partition coefficient (Wildman–Crippen LogP) is 4.29. The van der Waals surface area contributed by atoms with E-state index in [1.54, 1.807) is 11.8 Å². The summed E-state index contributed by atoms with van der Waals surface area (Å²) in [7, 11) is 0. The van der Waals surface area contributed by atoms with Gasteiger partial charge in [0, 0.05) is 42.4 Å². The standard InChI is InChI=1S/C24H28N6OS/c1-17-14-18(2)30-16-21(27-23(30)26-17)22(8-9-29-10-12-31-13-11-29)32-24-25-15-20(28-24)19-6-4-3-5-7-19/h3-7,14-16,22H,8-13H2,1-2H3,(H,25,28). The van der Waals surface area contributed by atoms with Crippen LogP contribution in [-0.4, -0.2) is 62.1 Å². The molecule has 0 radical (unpaired) electrons. The number of morpholine rings is 1. The fraction of sp³-hybridized carbons (Fsp3) is 0.375. The molecule has 0 aliphatic carbocycles. The average molecular weight is 449 g/mol. The quantitative estimate of drug-likeness (QED) is 0.425. The highest BCUT2D eigenvalue weighted by Gasteiger charge is 2.22. The van der Waals surface area contributed by atoms with E-state index < -0.39 is 0 Å². The molecule has 1 unspecified atom stereocenters. The number of thioether (sulfide) groups is 1. The first-order valence-corrected chi connectivity index (χ1v) is 11.9. The van der Waals surface area contributed by atoms with Gasteiger partial charge in [0.2, 0.25) is 5.78 Å². The Balaban J connectivity index is 1.40. The molecule has 0 spiro atoms. The van der Waals surface area contributed by atoms with Crippen molar-refractivity contribution in [2.45, 2.75) is 30.7 Å². The van der Waals surface area contributed by atoms with Crippen molar-refractivity contribution in [2.24, 2.45) is 0 Å². The van der Waals surface area contributed by atoms with E-state index in [0.717, 1.165) is 78.5 Å². The molecule has 1 saturated heterocycles. The van der Waals surface area contributed by atoms with E-state index in [0.29, 0.717) is 0 Å². The van der Waals surface area contributed by atoms with E-state index in [1.165, 1.54) is 0 Å². The maximum atomic E-state index is 5.51. The van der Waals surface area contributed by atoms with Crippen molar-refractivity contribution in [1.29, 1.82) is 0 Å². The zero-order valence-electron chi connectivity index (χ0n) is 18.5. The number of rotatable bonds is 7. The highest BCUT2D eigenvalue weighted by molar-refractivity contribution is 7.99. The van der Waals surface area contributed by atoms with Gasteiger partial charge in [0.05, 0.1) is 29.9 Å². The third-order valence-corrected chi connectivity index (χ3v) is 6.99. The first kappa shape index (κ1) is 21.2. The number of hydrogen-bond acceptors (Lipinski definition) is 6. The summed E-state index contributed by atoms with van der Waals surface area (Å²) in [5.41, 5.74) is 5.25. The summed E-state index contributed by atoms with van der Waals surface area (Å²) < 4.78 is 7.60. The normalized spacial score (nSPS) is 15.9. The molecular formula is C24H28N6OS. The van der Waals surface area contributed by atoms with Gasteiger partial charge < -0.3 is 9.72 Å². The Hall–Kier alpha value is -2.68. The Labute approximate surface area is 192 Å². The fourth-order valence-corrected chi connectivity index (χ4v) is 5.10. The molecule has 0 bridgehead atoms. The van der Waals surface area contributed by atoms with E-state index in [-0.39, 0.29) is 5.25 Å². The van der Waals surface area contributed by atoms with E-state index in [1.807, 2.05) is 31.3 Å². The van der Waals surface area contributed by atoms with Gasteiger partial charge in [-0.05, 0) is 32.9 Å². The third kappa shape index (κ3) is 4.72. The van der Waals surface area contributed by atoms with Crippen LogP contribution in [0.5, 0.6) is 0 Å². The van der Waals surface area contributed by atoms with Crippen molar-refractivity contribution in [2.75, 3.05) is 32.8 Å². The van der Waals surface area contributed by atoms with Gasteiger partial charge in [0.15, 0.2) is 5.16 Å². The fourth-order valence-electron chi connectivity index (χ4n) is 4.09. The first-order chi connectivity index (χ1) is 15.7. The highest BCUT2D eigenvalue weighted by atomic mass is 32.2. The Kier molecular flexibility index (Phi) is 6.25. The minimum Gasteiger partial charge on any atom is -0.379 e. The first-order valence-electron chi connectivity index (χ1n) is 11.1. The summed E-state index contributed by atoms with van der Waals surface area (Å²) in [6.45, 7) is 8.72. The number of aromatic amines is 1. The number of hydrogen-bond donors (Lipinski definition) is 1. The van der Waals surface area contributed by atoms with E-state index in [9.17, 15) is 0 Å².